The van der Waals surface area contributed by atoms with Gasteiger partial charge in [-0.3, -0.25) is 9.69 Å². The van der Waals surface area contributed by atoms with Crippen molar-refractivity contribution in [3.8, 4) is 11.6 Å². The van der Waals surface area contributed by atoms with Gasteiger partial charge in [-0.25, -0.2) is 0 Å². The zero-order valence-corrected chi connectivity index (χ0v) is 18.4. The minimum Gasteiger partial charge on any atom is -0.461 e. The number of carbonyl (C=O) groups is 1. The fraction of sp³-hybridized carbons (Fsp3) is 0.571. The van der Waals surface area contributed by atoms with Gasteiger partial charge in [0.25, 0.3) is 5.78 Å². The summed E-state index contributed by atoms with van der Waals surface area (Å²) in [6.45, 7) is 7.43. The molecule has 2 aliphatic heterocycles. The highest BCUT2D eigenvalue weighted by Gasteiger charge is 2.36. The zero-order valence-electron chi connectivity index (χ0n) is 18.4. The minimum atomic E-state index is -0.272. The number of amides is 1. The summed E-state index contributed by atoms with van der Waals surface area (Å²) in [4.78, 5) is 33.2. The smallest absolute Gasteiger partial charge is 0.259 e. The molecule has 3 aromatic rings. The molecule has 170 valence electrons. The topological polar surface area (TPSA) is 122 Å². The molecule has 0 spiro atoms. The van der Waals surface area contributed by atoms with Gasteiger partial charge in [-0.15, -0.1) is 5.10 Å². The van der Waals surface area contributed by atoms with Crippen LogP contribution in [-0.2, 0) is 4.79 Å². The Morgan fingerprint density at radius 1 is 1.19 bits per heavy atom. The highest BCUT2D eigenvalue weighted by molar-refractivity contribution is 5.85. The standard InChI is InChI=1S/C21H29N9O2/c1-2-3-8-27-10-12-28(13-11-27)18(31)15-6-4-9-29(15)20-24-19(22)30-21(25-20)23-17(26-30)16-7-5-14-32-16/h5,7,14-15H,2-4,6,8-13H2,1H3,(H2,22,23,24,25,26)/t15-/m1/s1. The molecule has 1 atom stereocenters. The zero-order chi connectivity index (χ0) is 22.1. The van der Waals surface area contributed by atoms with Gasteiger partial charge in [0.15, 0.2) is 5.76 Å². The van der Waals surface area contributed by atoms with Crippen LogP contribution in [0.3, 0.4) is 0 Å². The molecule has 5 heterocycles. The van der Waals surface area contributed by atoms with E-state index in [0.29, 0.717) is 29.9 Å². The van der Waals surface area contributed by atoms with Gasteiger partial charge in [0.1, 0.15) is 6.04 Å². The van der Waals surface area contributed by atoms with Crippen molar-refractivity contribution in [2.75, 3.05) is 49.9 Å². The number of unbranched alkanes of at least 4 members (excludes halogenated alkanes) is 1. The molecule has 1 amide bonds. The van der Waals surface area contributed by atoms with Gasteiger partial charge in [-0.05, 0) is 37.9 Å². The van der Waals surface area contributed by atoms with E-state index in [1.807, 2.05) is 9.80 Å². The van der Waals surface area contributed by atoms with Gasteiger partial charge in [0, 0.05) is 32.7 Å². The summed E-state index contributed by atoms with van der Waals surface area (Å²) in [6, 6.07) is 3.27. The van der Waals surface area contributed by atoms with E-state index >= 15 is 0 Å². The van der Waals surface area contributed by atoms with Crippen molar-refractivity contribution in [2.24, 2.45) is 0 Å². The number of rotatable bonds is 6. The predicted molar refractivity (Wildman–Crippen MR) is 119 cm³/mol. The van der Waals surface area contributed by atoms with E-state index < -0.39 is 0 Å². The lowest BCUT2D eigenvalue weighted by Gasteiger charge is -2.37. The molecule has 32 heavy (non-hydrogen) atoms. The van der Waals surface area contributed by atoms with E-state index in [1.165, 1.54) is 17.4 Å². The number of aromatic nitrogens is 5. The number of hydrogen-bond acceptors (Lipinski definition) is 9. The molecular weight excluding hydrogens is 410 g/mol. The van der Waals surface area contributed by atoms with Crippen LogP contribution < -0.4 is 10.6 Å². The Morgan fingerprint density at radius 3 is 2.78 bits per heavy atom. The lowest BCUT2D eigenvalue weighted by molar-refractivity contribution is -0.134. The molecule has 2 aliphatic rings. The normalized spacial score (nSPS) is 19.8. The molecule has 2 fully saturated rings. The summed E-state index contributed by atoms with van der Waals surface area (Å²) in [5, 5.41) is 4.34. The van der Waals surface area contributed by atoms with Gasteiger partial charge in [-0.2, -0.15) is 19.5 Å². The second kappa shape index (κ2) is 8.73. The van der Waals surface area contributed by atoms with Crippen molar-refractivity contribution >= 4 is 23.6 Å². The molecule has 0 saturated carbocycles. The maximum absolute atomic E-state index is 13.3. The summed E-state index contributed by atoms with van der Waals surface area (Å²) in [5.74, 6) is 2.01. The van der Waals surface area contributed by atoms with Crippen molar-refractivity contribution in [2.45, 2.75) is 38.6 Å². The van der Waals surface area contributed by atoms with E-state index in [9.17, 15) is 4.79 Å². The van der Waals surface area contributed by atoms with Crippen LogP contribution in [0.1, 0.15) is 32.6 Å². The summed E-state index contributed by atoms with van der Waals surface area (Å²) in [6.07, 6.45) is 5.65. The van der Waals surface area contributed by atoms with Gasteiger partial charge >= 0.3 is 0 Å². The number of furan rings is 1. The number of nitrogens with zero attached hydrogens (tertiary/aromatic N) is 8. The maximum Gasteiger partial charge on any atom is 0.259 e. The average molecular weight is 440 g/mol. The largest absolute Gasteiger partial charge is 0.461 e. The lowest BCUT2D eigenvalue weighted by atomic mass is 10.1. The molecule has 5 rings (SSSR count). The van der Waals surface area contributed by atoms with E-state index in [0.717, 1.165) is 45.6 Å². The number of fused-ring (bicyclic) bond motifs is 1. The molecule has 2 N–H and O–H groups in total. The monoisotopic (exact) mass is 439 g/mol. The van der Waals surface area contributed by atoms with Crippen LogP contribution in [0.25, 0.3) is 17.4 Å². The van der Waals surface area contributed by atoms with Crippen LogP contribution in [0.4, 0.5) is 11.9 Å². The van der Waals surface area contributed by atoms with Crippen LogP contribution >= 0.6 is 0 Å². The first-order valence-corrected chi connectivity index (χ1v) is 11.4. The van der Waals surface area contributed by atoms with Crippen LogP contribution in [0, 0.1) is 0 Å². The number of nitrogens with two attached hydrogens (primary N) is 1. The third kappa shape index (κ3) is 3.88. The Bertz CT molecular complexity index is 1070. The van der Waals surface area contributed by atoms with Gasteiger partial charge in [0.2, 0.25) is 23.6 Å². The van der Waals surface area contributed by atoms with E-state index in [1.54, 1.807) is 18.4 Å². The SMILES string of the molecule is CCCCN1CCN(C(=O)[C@H]2CCCN2c2nc(N)n3nc(-c4ccco4)nc3n2)CC1. The summed E-state index contributed by atoms with van der Waals surface area (Å²) < 4.78 is 6.77. The molecule has 0 radical (unpaired) electrons. The van der Waals surface area contributed by atoms with Crippen molar-refractivity contribution in [3.05, 3.63) is 18.4 Å². The molecule has 0 aliphatic carbocycles. The molecule has 0 unspecified atom stereocenters. The van der Waals surface area contributed by atoms with Crippen molar-refractivity contribution < 1.29 is 9.21 Å². The second-order valence-electron chi connectivity index (χ2n) is 8.38. The van der Waals surface area contributed by atoms with Crippen molar-refractivity contribution in [1.29, 1.82) is 0 Å². The van der Waals surface area contributed by atoms with Crippen molar-refractivity contribution in [3.63, 3.8) is 0 Å². The molecular formula is C21H29N9O2. The Labute approximate surface area is 186 Å². The maximum atomic E-state index is 13.3. The number of piperazine rings is 1. The first-order chi connectivity index (χ1) is 15.6. The lowest BCUT2D eigenvalue weighted by Crippen LogP contribution is -2.54. The fourth-order valence-electron chi connectivity index (χ4n) is 4.48. The van der Waals surface area contributed by atoms with Gasteiger partial charge in [0.05, 0.1) is 6.26 Å². The van der Waals surface area contributed by atoms with Crippen LogP contribution in [0.2, 0.25) is 0 Å². The quantitative estimate of drug-likeness (QED) is 0.605. The van der Waals surface area contributed by atoms with Gasteiger partial charge < -0.3 is 20.0 Å². The Hall–Kier alpha value is -3.21. The number of nitrogen functional groups attached to an aromatic ring is 1. The molecule has 0 bridgehead atoms. The van der Waals surface area contributed by atoms with Crippen LogP contribution in [-0.4, -0.2) is 85.6 Å². The summed E-state index contributed by atoms with van der Waals surface area (Å²) >= 11 is 0. The highest BCUT2D eigenvalue weighted by atomic mass is 16.3. The molecule has 3 aromatic heterocycles. The van der Waals surface area contributed by atoms with Crippen LogP contribution in [0.5, 0.6) is 0 Å². The first-order valence-electron chi connectivity index (χ1n) is 11.4. The predicted octanol–water partition coefficient (Wildman–Crippen LogP) is 1.27. The third-order valence-electron chi connectivity index (χ3n) is 6.27. The number of hydrogen-bond donors (Lipinski definition) is 1. The molecule has 11 heteroatoms. The third-order valence-corrected chi connectivity index (χ3v) is 6.27. The average Bonchev–Trinajstić information content (AvgIpc) is 3.57. The number of anilines is 2. The van der Waals surface area contributed by atoms with Gasteiger partial charge in [-0.1, -0.05) is 13.3 Å². The highest BCUT2D eigenvalue weighted by Crippen LogP contribution is 2.26. The Morgan fingerprint density at radius 2 is 2.03 bits per heavy atom. The molecule has 0 aromatic carbocycles. The first kappa shape index (κ1) is 20.7. The Kier molecular flexibility index (Phi) is 5.64. The minimum absolute atomic E-state index is 0.150. The second-order valence-corrected chi connectivity index (χ2v) is 8.38. The van der Waals surface area contributed by atoms with E-state index in [-0.39, 0.29) is 17.9 Å². The Balaban J connectivity index is 1.33. The molecule has 11 nitrogen and oxygen atoms in total. The number of carbonyl (C=O) groups excluding carboxylic acids is 1. The van der Waals surface area contributed by atoms with Crippen LogP contribution in [0.15, 0.2) is 22.8 Å². The van der Waals surface area contributed by atoms with Crippen molar-refractivity contribution in [1.82, 2.24) is 34.4 Å². The van der Waals surface area contributed by atoms with E-state index in [4.69, 9.17) is 10.2 Å². The summed E-state index contributed by atoms with van der Waals surface area (Å²) in [7, 11) is 0. The summed E-state index contributed by atoms with van der Waals surface area (Å²) in [5.41, 5.74) is 6.16. The molecule has 2 saturated heterocycles. The van der Waals surface area contributed by atoms with E-state index in [2.05, 4.69) is 31.9 Å². The fourth-order valence-corrected chi connectivity index (χ4v) is 4.48.